The number of rotatable bonds is 11. The van der Waals surface area contributed by atoms with Gasteiger partial charge in [-0.25, -0.2) is 4.79 Å². The Morgan fingerprint density at radius 2 is 1.28 bits per heavy atom. The van der Waals surface area contributed by atoms with Gasteiger partial charge >= 0.3 is 5.97 Å². The van der Waals surface area contributed by atoms with E-state index < -0.39 is 12.1 Å². The molecule has 6 nitrogen and oxygen atoms in total. The molecular formula is C30H29NO5. The van der Waals surface area contributed by atoms with E-state index in [1.54, 1.807) is 49.5 Å². The van der Waals surface area contributed by atoms with Gasteiger partial charge in [0.15, 0.2) is 11.5 Å². The molecule has 1 unspecified atom stereocenters. The van der Waals surface area contributed by atoms with E-state index in [9.17, 15) is 9.90 Å². The fourth-order valence-corrected chi connectivity index (χ4v) is 3.59. The molecular weight excluding hydrogens is 454 g/mol. The minimum absolute atomic E-state index is 0.0842. The summed E-state index contributed by atoms with van der Waals surface area (Å²) in [5.74, 6) is 0.617. The Bertz CT molecular complexity index is 1230. The predicted octanol–water partition coefficient (Wildman–Crippen LogP) is 5.58. The summed E-state index contributed by atoms with van der Waals surface area (Å²) < 4.78 is 12.1. The zero-order valence-electron chi connectivity index (χ0n) is 20.1. The molecule has 1 atom stereocenters. The lowest BCUT2D eigenvalue weighted by atomic mass is 10.1. The molecule has 36 heavy (non-hydrogen) atoms. The van der Waals surface area contributed by atoms with E-state index >= 15 is 0 Å². The van der Waals surface area contributed by atoms with Crippen LogP contribution in [0.3, 0.4) is 0 Å². The monoisotopic (exact) mass is 483 g/mol. The summed E-state index contributed by atoms with van der Waals surface area (Å²) in [7, 11) is 1.61. The number of hydrogen-bond acceptors (Lipinski definition) is 6. The minimum atomic E-state index is -0.916. The molecule has 0 heterocycles. The van der Waals surface area contributed by atoms with Crippen LogP contribution in [0.1, 0.15) is 33.2 Å². The molecule has 184 valence electrons. The van der Waals surface area contributed by atoms with E-state index in [2.05, 4.69) is 0 Å². The van der Waals surface area contributed by atoms with E-state index in [0.717, 1.165) is 11.1 Å². The van der Waals surface area contributed by atoms with Crippen LogP contribution >= 0.6 is 0 Å². The molecule has 4 aromatic carbocycles. The Morgan fingerprint density at radius 1 is 0.750 bits per heavy atom. The van der Waals surface area contributed by atoms with Crippen LogP contribution in [-0.2, 0) is 18.1 Å². The van der Waals surface area contributed by atoms with Crippen LogP contribution in [-0.4, -0.2) is 29.7 Å². The van der Waals surface area contributed by atoms with Crippen molar-refractivity contribution in [3.8, 4) is 11.5 Å². The molecule has 4 rings (SSSR count). The molecule has 0 saturated carbocycles. The fraction of sp³-hybridized carbons (Fsp3) is 0.167. The molecule has 0 aromatic heterocycles. The standard InChI is InChI=1S/C30H29NO5/c1-31(36-30(33)25-15-9-4-10-16-25)20-27(32)26-17-18-28(34-21-23-11-5-2-6-12-23)29(19-26)35-22-24-13-7-3-8-14-24/h2-19,27,32H,20-22H2,1H3. The summed E-state index contributed by atoms with van der Waals surface area (Å²) in [5, 5.41) is 12.2. The number of aliphatic hydroxyl groups excluding tert-OH is 1. The van der Waals surface area contributed by atoms with Crippen LogP contribution in [0.5, 0.6) is 11.5 Å². The molecule has 4 aromatic rings. The average Bonchev–Trinajstić information content (AvgIpc) is 2.92. The first-order chi connectivity index (χ1) is 17.6. The van der Waals surface area contributed by atoms with Crippen molar-refractivity contribution in [2.45, 2.75) is 19.3 Å². The van der Waals surface area contributed by atoms with Crippen LogP contribution in [0.25, 0.3) is 0 Å². The average molecular weight is 484 g/mol. The van der Waals surface area contributed by atoms with Crippen molar-refractivity contribution in [1.82, 2.24) is 5.06 Å². The van der Waals surface area contributed by atoms with Gasteiger partial charge < -0.3 is 19.4 Å². The summed E-state index contributed by atoms with van der Waals surface area (Å²) in [6, 6.07) is 33.8. The SMILES string of the molecule is CN(CC(O)c1ccc(OCc2ccccc2)c(OCc2ccccc2)c1)OC(=O)c1ccccc1. The van der Waals surface area contributed by atoms with Gasteiger partial charge in [0, 0.05) is 7.05 Å². The van der Waals surface area contributed by atoms with Crippen molar-refractivity contribution in [3.63, 3.8) is 0 Å². The van der Waals surface area contributed by atoms with Crippen LogP contribution in [0, 0.1) is 0 Å². The van der Waals surface area contributed by atoms with Crippen molar-refractivity contribution < 1.29 is 24.2 Å². The van der Waals surface area contributed by atoms with E-state index in [4.69, 9.17) is 14.3 Å². The molecule has 0 aliphatic carbocycles. The van der Waals surface area contributed by atoms with Crippen LogP contribution in [0.2, 0.25) is 0 Å². The van der Waals surface area contributed by atoms with Gasteiger partial charge in [0.05, 0.1) is 18.2 Å². The van der Waals surface area contributed by atoms with Crippen molar-refractivity contribution in [3.05, 3.63) is 131 Å². The third-order valence-electron chi connectivity index (χ3n) is 5.51. The Hall–Kier alpha value is -4.13. The van der Waals surface area contributed by atoms with Gasteiger partial charge in [-0.05, 0) is 41.0 Å². The number of ether oxygens (including phenoxy) is 2. The quantitative estimate of drug-likeness (QED) is 0.281. The first-order valence-electron chi connectivity index (χ1n) is 11.7. The number of carbonyl (C=O) groups excluding carboxylic acids is 1. The summed E-state index contributed by atoms with van der Waals surface area (Å²) in [6.07, 6.45) is -0.916. The Labute approximate surface area is 211 Å². The van der Waals surface area contributed by atoms with Crippen LogP contribution in [0.15, 0.2) is 109 Å². The number of likely N-dealkylation sites (N-methyl/N-ethyl adjacent to an activating group) is 1. The number of hydroxylamine groups is 2. The number of carbonyl (C=O) groups is 1. The molecule has 1 N–H and O–H groups in total. The van der Waals surface area contributed by atoms with Gasteiger partial charge in [-0.3, -0.25) is 0 Å². The van der Waals surface area contributed by atoms with E-state index in [0.29, 0.717) is 35.8 Å². The lowest BCUT2D eigenvalue weighted by Crippen LogP contribution is -2.28. The third-order valence-corrected chi connectivity index (χ3v) is 5.51. The third kappa shape index (κ3) is 7.18. The molecule has 0 radical (unpaired) electrons. The highest BCUT2D eigenvalue weighted by molar-refractivity contribution is 5.89. The summed E-state index contributed by atoms with van der Waals surface area (Å²) in [6.45, 7) is 0.834. The second kappa shape index (κ2) is 12.5. The number of nitrogens with zero attached hydrogens (tertiary/aromatic N) is 1. The Balaban J connectivity index is 1.45. The maximum Gasteiger partial charge on any atom is 0.357 e. The first kappa shape index (κ1) is 25.0. The molecule has 0 saturated heterocycles. The molecule has 6 heteroatoms. The largest absolute Gasteiger partial charge is 0.485 e. The normalized spacial score (nSPS) is 11.6. The minimum Gasteiger partial charge on any atom is -0.485 e. The van der Waals surface area contributed by atoms with Gasteiger partial charge in [0.2, 0.25) is 0 Å². The van der Waals surface area contributed by atoms with E-state index in [1.807, 2.05) is 66.7 Å². The van der Waals surface area contributed by atoms with Crippen molar-refractivity contribution in [1.29, 1.82) is 0 Å². The lowest BCUT2D eigenvalue weighted by molar-refractivity contribution is -0.108. The molecule has 0 fully saturated rings. The van der Waals surface area contributed by atoms with Gasteiger partial charge in [-0.2, -0.15) is 0 Å². The van der Waals surface area contributed by atoms with Crippen molar-refractivity contribution in [2.75, 3.05) is 13.6 Å². The smallest absolute Gasteiger partial charge is 0.357 e. The molecule has 0 spiro atoms. The van der Waals surface area contributed by atoms with Crippen LogP contribution < -0.4 is 9.47 Å². The topological polar surface area (TPSA) is 68.2 Å². The first-order valence-corrected chi connectivity index (χ1v) is 11.7. The number of hydrogen-bond donors (Lipinski definition) is 1. The molecule has 0 bridgehead atoms. The van der Waals surface area contributed by atoms with Gasteiger partial charge in [0.25, 0.3) is 0 Å². The number of benzene rings is 4. The van der Waals surface area contributed by atoms with Gasteiger partial charge in [0.1, 0.15) is 13.2 Å². The van der Waals surface area contributed by atoms with Crippen molar-refractivity contribution in [2.24, 2.45) is 0 Å². The van der Waals surface area contributed by atoms with Gasteiger partial charge in [-0.15, -0.1) is 5.06 Å². The van der Waals surface area contributed by atoms with Gasteiger partial charge in [-0.1, -0.05) is 84.9 Å². The maximum absolute atomic E-state index is 12.3. The van der Waals surface area contributed by atoms with E-state index in [-0.39, 0.29) is 6.54 Å². The van der Waals surface area contributed by atoms with Crippen LogP contribution in [0.4, 0.5) is 0 Å². The Kier molecular flexibility index (Phi) is 8.70. The zero-order valence-corrected chi connectivity index (χ0v) is 20.1. The molecule has 0 aliphatic rings. The fourth-order valence-electron chi connectivity index (χ4n) is 3.59. The summed E-state index contributed by atoms with van der Waals surface area (Å²) in [4.78, 5) is 17.7. The zero-order chi connectivity index (χ0) is 25.2. The summed E-state index contributed by atoms with van der Waals surface area (Å²) >= 11 is 0. The second-order valence-corrected chi connectivity index (χ2v) is 8.33. The highest BCUT2D eigenvalue weighted by Crippen LogP contribution is 2.32. The van der Waals surface area contributed by atoms with E-state index in [1.165, 1.54) is 5.06 Å². The second-order valence-electron chi connectivity index (χ2n) is 8.33. The number of aliphatic hydroxyl groups is 1. The Morgan fingerprint density at radius 3 is 1.86 bits per heavy atom. The lowest BCUT2D eigenvalue weighted by Gasteiger charge is -2.21. The van der Waals surface area contributed by atoms with Crippen molar-refractivity contribution >= 4 is 5.97 Å². The molecule has 0 aliphatic heterocycles. The maximum atomic E-state index is 12.3. The summed E-state index contributed by atoms with van der Waals surface area (Å²) in [5.41, 5.74) is 3.12. The highest BCUT2D eigenvalue weighted by Gasteiger charge is 2.18. The molecule has 0 amide bonds. The predicted molar refractivity (Wildman–Crippen MR) is 137 cm³/mol. The highest BCUT2D eigenvalue weighted by atomic mass is 16.7.